The molecule has 24 heavy (non-hydrogen) atoms. The number of aryl methyl sites for hydroxylation is 1. The van der Waals surface area contributed by atoms with Crippen LogP contribution in [0, 0.1) is 6.92 Å². The van der Waals surface area contributed by atoms with Gasteiger partial charge in [0.15, 0.2) is 0 Å². The molecule has 0 fully saturated rings. The lowest BCUT2D eigenvalue weighted by molar-refractivity contribution is -0.120. The molecule has 3 rings (SSSR count). The number of carbonyl (C=O) groups excluding carboxylic acids is 1. The first kappa shape index (κ1) is 16.7. The quantitative estimate of drug-likeness (QED) is 0.724. The van der Waals surface area contributed by atoms with Crippen LogP contribution < -0.4 is 5.32 Å². The van der Waals surface area contributed by atoms with Crippen LogP contribution in [0.25, 0.3) is 10.6 Å². The summed E-state index contributed by atoms with van der Waals surface area (Å²) in [6.45, 7) is 2.52. The molecular formula is C19H17ClN2OS. The van der Waals surface area contributed by atoms with Crippen molar-refractivity contribution in [2.45, 2.75) is 19.9 Å². The number of amides is 1. The number of carbonyl (C=O) groups is 1. The first-order valence-corrected chi connectivity index (χ1v) is 8.88. The average molecular weight is 357 g/mol. The zero-order valence-corrected chi connectivity index (χ0v) is 14.8. The lowest BCUT2D eigenvalue weighted by atomic mass is 10.1. The van der Waals surface area contributed by atoms with E-state index in [4.69, 9.17) is 11.6 Å². The van der Waals surface area contributed by atoms with Crippen molar-refractivity contribution < 1.29 is 4.79 Å². The smallest absolute Gasteiger partial charge is 0.226 e. The predicted octanol–water partition coefficient (Wildman–Crippen LogP) is 4.63. The summed E-state index contributed by atoms with van der Waals surface area (Å²) in [5.41, 5.74) is 4.06. The first-order valence-electron chi connectivity index (χ1n) is 7.63. The van der Waals surface area contributed by atoms with Crippen molar-refractivity contribution in [3.05, 3.63) is 75.8 Å². The molecule has 0 unspecified atom stereocenters. The molecule has 0 bridgehead atoms. The van der Waals surface area contributed by atoms with Crippen LogP contribution >= 0.6 is 22.9 Å². The van der Waals surface area contributed by atoms with Crippen molar-refractivity contribution in [1.82, 2.24) is 10.3 Å². The number of hydrogen-bond donors (Lipinski definition) is 1. The van der Waals surface area contributed by atoms with Gasteiger partial charge >= 0.3 is 0 Å². The van der Waals surface area contributed by atoms with Crippen molar-refractivity contribution in [2.24, 2.45) is 0 Å². The van der Waals surface area contributed by atoms with E-state index in [1.54, 1.807) is 11.3 Å². The number of rotatable bonds is 5. The first-order chi connectivity index (χ1) is 11.6. The van der Waals surface area contributed by atoms with Crippen LogP contribution in [0.1, 0.15) is 16.8 Å². The van der Waals surface area contributed by atoms with E-state index in [9.17, 15) is 4.79 Å². The van der Waals surface area contributed by atoms with Gasteiger partial charge in [-0.05, 0) is 30.7 Å². The van der Waals surface area contributed by atoms with Crippen LogP contribution in [0.5, 0.6) is 0 Å². The van der Waals surface area contributed by atoms with Gasteiger partial charge in [-0.1, -0.05) is 47.5 Å². The number of thiazole rings is 1. The zero-order chi connectivity index (χ0) is 16.9. The number of hydrogen-bond acceptors (Lipinski definition) is 3. The van der Waals surface area contributed by atoms with Crippen molar-refractivity contribution >= 4 is 28.8 Å². The van der Waals surface area contributed by atoms with Gasteiger partial charge in [0.1, 0.15) is 5.01 Å². The summed E-state index contributed by atoms with van der Waals surface area (Å²) >= 11 is 7.50. The molecule has 0 aliphatic carbocycles. The van der Waals surface area contributed by atoms with Gasteiger partial charge in [0.05, 0.1) is 12.1 Å². The van der Waals surface area contributed by atoms with E-state index in [1.807, 2.05) is 41.8 Å². The Hall–Kier alpha value is -2.17. The average Bonchev–Trinajstić information content (AvgIpc) is 3.01. The molecular weight excluding hydrogens is 340 g/mol. The highest BCUT2D eigenvalue weighted by atomic mass is 35.5. The number of nitrogens with zero attached hydrogens (tertiary/aromatic N) is 1. The molecule has 5 heteroatoms. The largest absolute Gasteiger partial charge is 0.352 e. The topological polar surface area (TPSA) is 42.0 Å². The van der Waals surface area contributed by atoms with E-state index >= 15 is 0 Å². The molecule has 0 atom stereocenters. The highest BCUT2D eigenvalue weighted by molar-refractivity contribution is 7.13. The van der Waals surface area contributed by atoms with Crippen LogP contribution in [0.3, 0.4) is 0 Å². The Kier molecular flexibility index (Phi) is 5.28. The third-order valence-electron chi connectivity index (χ3n) is 3.54. The fourth-order valence-corrected chi connectivity index (χ4v) is 3.40. The number of nitrogens with one attached hydrogen (secondary N) is 1. The van der Waals surface area contributed by atoms with E-state index in [0.29, 0.717) is 11.6 Å². The zero-order valence-electron chi connectivity index (χ0n) is 13.3. The monoisotopic (exact) mass is 356 g/mol. The van der Waals surface area contributed by atoms with Gasteiger partial charge in [-0.15, -0.1) is 11.3 Å². The third kappa shape index (κ3) is 4.43. The molecule has 122 valence electrons. The van der Waals surface area contributed by atoms with Crippen molar-refractivity contribution in [3.8, 4) is 10.6 Å². The molecule has 0 radical (unpaired) electrons. The summed E-state index contributed by atoms with van der Waals surface area (Å²) in [7, 11) is 0. The Morgan fingerprint density at radius 1 is 1.21 bits per heavy atom. The van der Waals surface area contributed by atoms with Crippen LogP contribution in [-0.2, 0) is 17.8 Å². The van der Waals surface area contributed by atoms with E-state index in [1.165, 1.54) is 5.56 Å². The summed E-state index contributed by atoms with van der Waals surface area (Å²) in [6, 6.07) is 15.7. The second-order valence-corrected chi connectivity index (χ2v) is 6.89. The van der Waals surface area contributed by atoms with Gasteiger partial charge in [0, 0.05) is 22.5 Å². The number of aromatic nitrogens is 1. The summed E-state index contributed by atoms with van der Waals surface area (Å²) in [5, 5.41) is 6.45. The Bertz CT molecular complexity index is 860. The second kappa shape index (κ2) is 7.60. The molecule has 2 aromatic carbocycles. The van der Waals surface area contributed by atoms with E-state index < -0.39 is 0 Å². The molecule has 3 aromatic rings. The maximum absolute atomic E-state index is 12.1. The standard InChI is InChI=1S/C19H17ClN2OS/c1-13-4-2-6-15(8-13)19-22-17(12-24-19)10-18(23)21-11-14-5-3-7-16(20)9-14/h2-9,12H,10-11H2,1H3,(H,21,23). The van der Waals surface area contributed by atoms with Crippen molar-refractivity contribution in [2.75, 3.05) is 0 Å². The minimum atomic E-state index is -0.0453. The maximum Gasteiger partial charge on any atom is 0.226 e. The summed E-state index contributed by atoms with van der Waals surface area (Å²) < 4.78 is 0. The van der Waals surface area contributed by atoms with Crippen LogP contribution in [0.15, 0.2) is 53.9 Å². The number of benzene rings is 2. The minimum absolute atomic E-state index is 0.0453. The molecule has 1 aromatic heterocycles. The molecule has 0 aliphatic rings. The van der Waals surface area contributed by atoms with Crippen molar-refractivity contribution in [3.63, 3.8) is 0 Å². The lowest BCUT2D eigenvalue weighted by Crippen LogP contribution is -2.24. The predicted molar refractivity (Wildman–Crippen MR) is 99.3 cm³/mol. The molecule has 1 heterocycles. The Morgan fingerprint density at radius 2 is 2.04 bits per heavy atom. The van der Waals surface area contributed by atoms with Gasteiger partial charge in [-0.25, -0.2) is 4.98 Å². The highest BCUT2D eigenvalue weighted by Gasteiger charge is 2.09. The van der Waals surface area contributed by atoms with Crippen LogP contribution in [0.2, 0.25) is 5.02 Å². The maximum atomic E-state index is 12.1. The molecule has 1 N–H and O–H groups in total. The molecule has 0 saturated heterocycles. The summed E-state index contributed by atoms with van der Waals surface area (Å²) in [4.78, 5) is 16.7. The molecule has 0 spiro atoms. The highest BCUT2D eigenvalue weighted by Crippen LogP contribution is 2.24. The van der Waals surface area contributed by atoms with Gasteiger partial charge in [-0.2, -0.15) is 0 Å². The van der Waals surface area contributed by atoms with Crippen LogP contribution in [-0.4, -0.2) is 10.9 Å². The van der Waals surface area contributed by atoms with Gasteiger partial charge in [0.2, 0.25) is 5.91 Å². The summed E-state index contributed by atoms with van der Waals surface area (Å²) in [6.07, 6.45) is 0.281. The molecule has 1 amide bonds. The van der Waals surface area contributed by atoms with Gasteiger partial charge < -0.3 is 5.32 Å². The van der Waals surface area contributed by atoms with Crippen LogP contribution in [0.4, 0.5) is 0 Å². The fraction of sp³-hybridized carbons (Fsp3) is 0.158. The van der Waals surface area contributed by atoms with E-state index in [-0.39, 0.29) is 12.3 Å². The van der Waals surface area contributed by atoms with E-state index in [0.717, 1.165) is 21.8 Å². The third-order valence-corrected chi connectivity index (χ3v) is 4.71. The fourth-order valence-electron chi connectivity index (χ4n) is 2.37. The Morgan fingerprint density at radius 3 is 2.83 bits per heavy atom. The Balaban J connectivity index is 1.59. The SMILES string of the molecule is Cc1cccc(-c2nc(CC(=O)NCc3cccc(Cl)c3)cs2)c1. The van der Waals surface area contributed by atoms with Crippen molar-refractivity contribution in [1.29, 1.82) is 0 Å². The molecule has 0 saturated carbocycles. The lowest BCUT2D eigenvalue weighted by Gasteiger charge is -2.04. The van der Waals surface area contributed by atoms with Gasteiger partial charge in [-0.3, -0.25) is 4.79 Å². The Labute approximate surface area is 150 Å². The minimum Gasteiger partial charge on any atom is -0.352 e. The van der Waals surface area contributed by atoms with Gasteiger partial charge in [0.25, 0.3) is 0 Å². The van der Waals surface area contributed by atoms with E-state index in [2.05, 4.69) is 29.4 Å². The molecule has 0 aliphatic heterocycles. The number of halogens is 1. The molecule has 3 nitrogen and oxygen atoms in total. The summed E-state index contributed by atoms with van der Waals surface area (Å²) in [5.74, 6) is -0.0453. The second-order valence-electron chi connectivity index (χ2n) is 5.60. The normalized spacial score (nSPS) is 10.6.